The van der Waals surface area contributed by atoms with Gasteiger partial charge in [0.2, 0.25) is 0 Å². The van der Waals surface area contributed by atoms with Crippen LogP contribution in [0.4, 0.5) is 4.39 Å². The molecule has 1 aromatic carbocycles. The topological polar surface area (TPSA) is 23.5 Å². The van der Waals surface area contributed by atoms with Gasteiger partial charge in [-0.15, -0.1) is 0 Å². The fourth-order valence-corrected chi connectivity index (χ4v) is 2.81. The Labute approximate surface area is 110 Å². The van der Waals surface area contributed by atoms with Crippen molar-refractivity contribution in [2.45, 2.75) is 18.3 Å². The van der Waals surface area contributed by atoms with Crippen LogP contribution in [0.15, 0.2) is 22.7 Å². The van der Waals surface area contributed by atoms with Crippen LogP contribution in [-0.4, -0.2) is 36.8 Å². The van der Waals surface area contributed by atoms with Crippen LogP contribution in [0, 0.1) is 5.82 Å². The standard InChI is InChI=1S/C13H17BrFNO/c1-16-6-4-13(9-17,5-7-16)11-3-2-10(14)8-12(11)15/h2-3,8,17H,4-7,9H2,1H3. The van der Waals surface area contributed by atoms with Crippen LogP contribution in [0.5, 0.6) is 0 Å². The Morgan fingerprint density at radius 2 is 2.06 bits per heavy atom. The first-order chi connectivity index (χ1) is 8.07. The molecule has 0 aliphatic carbocycles. The van der Waals surface area contributed by atoms with Crippen LogP contribution in [-0.2, 0) is 5.41 Å². The van der Waals surface area contributed by atoms with E-state index in [9.17, 15) is 9.50 Å². The van der Waals surface area contributed by atoms with Crippen molar-refractivity contribution >= 4 is 15.9 Å². The number of aliphatic hydroxyl groups excluding tert-OH is 1. The Kier molecular flexibility index (Phi) is 3.85. The molecule has 0 bridgehead atoms. The molecule has 17 heavy (non-hydrogen) atoms. The summed E-state index contributed by atoms with van der Waals surface area (Å²) in [6.45, 7) is 1.81. The fraction of sp³-hybridized carbons (Fsp3) is 0.538. The third-order valence-electron chi connectivity index (χ3n) is 3.75. The largest absolute Gasteiger partial charge is 0.395 e. The second-order valence-electron chi connectivity index (χ2n) is 4.87. The number of piperidine rings is 1. The van der Waals surface area contributed by atoms with E-state index in [1.54, 1.807) is 6.07 Å². The van der Waals surface area contributed by atoms with Gasteiger partial charge in [-0.25, -0.2) is 4.39 Å². The predicted molar refractivity (Wildman–Crippen MR) is 69.6 cm³/mol. The lowest BCUT2D eigenvalue weighted by Crippen LogP contribution is -2.43. The molecule has 2 rings (SSSR count). The van der Waals surface area contributed by atoms with Crippen molar-refractivity contribution in [1.82, 2.24) is 4.90 Å². The summed E-state index contributed by atoms with van der Waals surface area (Å²) in [6.07, 6.45) is 1.61. The van der Waals surface area contributed by atoms with E-state index in [0.717, 1.165) is 30.4 Å². The number of hydrogen-bond acceptors (Lipinski definition) is 2. The molecule has 0 aromatic heterocycles. The summed E-state index contributed by atoms with van der Waals surface area (Å²) < 4.78 is 14.7. The van der Waals surface area contributed by atoms with E-state index in [1.165, 1.54) is 6.07 Å². The van der Waals surface area contributed by atoms with Crippen LogP contribution in [0.3, 0.4) is 0 Å². The minimum absolute atomic E-state index is 0.0133. The van der Waals surface area contributed by atoms with Gasteiger partial charge in [0.1, 0.15) is 5.82 Å². The summed E-state index contributed by atoms with van der Waals surface area (Å²) in [4.78, 5) is 2.21. The number of halogens is 2. The highest BCUT2D eigenvalue weighted by Crippen LogP contribution is 2.36. The van der Waals surface area contributed by atoms with Gasteiger partial charge in [-0.05, 0) is 50.7 Å². The monoisotopic (exact) mass is 301 g/mol. The van der Waals surface area contributed by atoms with Crippen LogP contribution in [0.2, 0.25) is 0 Å². The molecular weight excluding hydrogens is 285 g/mol. The van der Waals surface area contributed by atoms with Gasteiger partial charge < -0.3 is 10.0 Å². The van der Waals surface area contributed by atoms with Gasteiger partial charge in [0.25, 0.3) is 0 Å². The lowest BCUT2D eigenvalue weighted by Gasteiger charge is -2.40. The average molecular weight is 302 g/mol. The molecule has 1 aliphatic heterocycles. The number of nitrogens with zero attached hydrogens (tertiary/aromatic N) is 1. The Hall–Kier alpha value is -0.450. The smallest absolute Gasteiger partial charge is 0.128 e. The summed E-state index contributed by atoms with van der Waals surface area (Å²) in [5, 5.41) is 9.68. The third kappa shape index (κ3) is 2.54. The maximum absolute atomic E-state index is 14.0. The zero-order valence-corrected chi connectivity index (χ0v) is 11.5. The number of benzene rings is 1. The highest BCUT2D eigenvalue weighted by molar-refractivity contribution is 9.10. The van der Waals surface area contributed by atoms with E-state index < -0.39 is 5.41 Å². The van der Waals surface area contributed by atoms with E-state index in [2.05, 4.69) is 27.9 Å². The second-order valence-corrected chi connectivity index (χ2v) is 5.78. The molecule has 2 nitrogen and oxygen atoms in total. The van der Waals surface area contributed by atoms with Crippen LogP contribution in [0.1, 0.15) is 18.4 Å². The van der Waals surface area contributed by atoms with Gasteiger partial charge in [0.05, 0.1) is 6.61 Å². The highest BCUT2D eigenvalue weighted by Gasteiger charge is 2.36. The van der Waals surface area contributed by atoms with Crippen molar-refractivity contribution in [2.24, 2.45) is 0 Å². The van der Waals surface area contributed by atoms with Gasteiger partial charge in [-0.3, -0.25) is 0 Å². The molecule has 0 saturated carbocycles. The first kappa shape index (κ1) is 13.0. The molecule has 1 fully saturated rings. The third-order valence-corrected chi connectivity index (χ3v) is 4.24. The van der Waals surface area contributed by atoms with Crippen molar-refractivity contribution in [3.8, 4) is 0 Å². The Morgan fingerprint density at radius 1 is 1.41 bits per heavy atom. The summed E-state index contributed by atoms with van der Waals surface area (Å²) in [5.41, 5.74) is 0.244. The van der Waals surface area contributed by atoms with Gasteiger partial charge in [0.15, 0.2) is 0 Å². The lowest BCUT2D eigenvalue weighted by molar-refractivity contribution is 0.111. The lowest BCUT2D eigenvalue weighted by atomic mass is 9.73. The second kappa shape index (κ2) is 5.04. The first-order valence-corrected chi connectivity index (χ1v) is 6.62. The van der Waals surface area contributed by atoms with E-state index in [0.29, 0.717) is 5.56 Å². The van der Waals surface area contributed by atoms with Crippen molar-refractivity contribution in [3.63, 3.8) is 0 Å². The molecule has 0 amide bonds. The minimum Gasteiger partial charge on any atom is -0.395 e. The first-order valence-electron chi connectivity index (χ1n) is 5.82. The molecule has 1 N–H and O–H groups in total. The molecule has 1 aliphatic rings. The summed E-state index contributed by atoms with van der Waals surface area (Å²) in [5.74, 6) is -0.224. The van der Waals surface area contributed by atoms with E-state index in [4.69, 9.17) is 0 Å². The van der Waals surface area contributed by atoms with Crippen LogP contribution in [0.25, 0.3) is 0 Å². The van der Waals surface area contributed by atoms with Gasteiger partial charge in [-0.2, -0.15) is 0 Å². The predicted octanol–water partition coefficient (Wildman–Crippen LogP) is 2.54. The maximum atomic E-state index is 14.0. The van der Waals surface area contributed by atoms with Crippen molar-refractivity contribution in [1.29, 1.82) is 0 Å². The fourth-order valence-electron chi connectivity index (χ4n) is 2.48. The normalized spacial score (nSPS) is 20.5. The number of likely N-dealkylation sites (tertiary alicyclic amines) is 1. The molecule has 1 aromatic rings. The molecule has 94 valence electrons. The van der Waals surface area contributed by atoms with Crippen LogP contribution >= 0.6 is 15.9 Å². The van der Waals surface area contributed by atoms with Gasteiger partial charge >= 0.3 is 0 Å². The molecular formula is C13H17BrFNO. The molecule has 0 unspecified atom stereocenters. The molecule has 4 heteroatoms. The van der Waals surface area contributed by atoms with E-state index >= 15 is 0 Å². The zero-order valence-electron chi connectivity index (χ0n) is 9.92. The Balaban J connectivity index is 2.34. The van der Waals surface area contributed by atoms with E-state index in [1.807, 2.05) is 6.07 Å². The number of rotatable bonds is 2. The summed E-state index contributed by atoms with van der Waals surface area (Å²) in [7, 11) is 2.05. The van der Waals surface area contributed by atoms with E-state index in [-0.39, 0.29) is 12.4 Å². The highest BCUT2D eigenvalue weighted by atomic mass is 79.9. The van der Waals surface area contributed by atoms with Gasteiger partial charge in [0, 0.05) is 9.89 Å². The zero-order chi connectivity index (χ0) is 12.5. The number of hydrogen-bond donors (Lipinski definition) is 1. The Bertz CT molecular complexity index is 402. The minimum atomic E-state index is -0.405. The number of aliphatic hydroxyl groups is 1. The SMILES string of the molecule is CN1CCC(CO)(c2ccc(Br)cc2F)CC1. The molecule has 0 spiro atoms. The van der Waals surface area contributed by atoms with Crippen LogP contribution < -0.4 is 0 Å². The quantitative estimate of drug-likeness (QED) is 0.907. The molecule has 1 saturated heterocycles. The van der Waals surface area contributed by atoms with Gasteiger partial charge in [-0.1, -0.05) is 22.0 Å². The molecule has 0 atom stereocenters. The Morgan fingerprint density at radius 3 is 2.59 bits per heavy atom. The average Bonchev–Trinajstić information content (AvgIpc) is 2.31. The van der Waals surface area contributed by atoms with Crippen molar-refractivity contribution in [3.05, 3.63) is 34.1 Å². The van der Waals surface area contributed by atoms with Crippen molar-refractivity contribution in [2.75, 3.05) is 26.7 Å². The maximum Gasteiger partial charge on any atom is 0.128 e. The van der Waals surface area contributed by atoms with Crippen molar-refractivity contribution < 1.29 is 9.50 Å². The summed E-state index contributed by atoms with van der Waals surface area (Å²) in [6, 6.07) is 5.11. The summed E-state index contributed by atoms with van der Waals surface area (Å²) >= 11 is 3.26. The molecule has 0 radical (unpaired) electrons. The molecule has 1 heterocycles.